The van der Waals surface area contributed by atoms with Crippen molar-refractivity contribution < 1.29 is 24.3 Å². The van der Waals surface area contributed by atoms with Crippen LogP contribution >= 0.6 is 0 Å². The van der Waals surface area contributed by atoms with Gasteiger partial charge in [0.2, 0.25) is 11.8 Å². The number of carbonyl (C=O) groups is 4. The molecule has 0 spiro atoms. The van der Waals surface area contributed by atoms with E-state index in [0.29, 0.717) is 48.2 Å². The van der Waals surface area contributed by atoms with Crippen LogP contribution < -0.4 is 10.2 Å². The van der Waals surface area contributed by atoms with E-state index < -0.39 is 11.9 Å². The summed E-state index contributed by atoms with van der Waals surface area (Å²) in [5, 5.41) is 12.6. The van der Waals surface area contributed by atoms with Crippen molar-refractivity contribution in [3.63, 3.8) is 0 Å². The number of phenols is 1. The fraction of sp³-hybridized carbons (Fsp3) is 0.417. The van der Waals surface area contributed by atoms with Gasteiger partial charge in [-0.1, -0.05) is 54.6 Å². The molecule has 0 aromatic heterocycles. The van der Waals surface area contributed by atoms with Gasteiger partial charge in [0.25, 0.3) is 11.8 Å². The number of fused-ring (bicyclic) bond motifs is 3. The molecule has 4 aromatic carbocycles. The summed E-state index contributed by atoms with van der Waals surface area (Å²) in [5.41, 5.74) is 9.55. The molecule has 1 saturated carbocycles. The molecule has 1 unspecified atom stereocenters. The van der Waals surface area contributed by atoms with E-state index in [2.05, 4.69) is 70.9 Å². The number of anilines is 1. The van der Waals surface area contributed by atoms with Crippen LogP contribution in [0, 0.1) is 17.8 Å². The first-order valence-electron chi connectivity index (χ1n) is 21.1. The Balaban J connectivity index is 0.707. The van der Waals surface area contributed by atoms with Crippen LogP contribution in [0.2, 0.25) is 0 Å². The molecule has 292 valence electrons. The van der Waals surface area contributed by atoms with Crippen molar-refractivity contribution in [3.8, 4) is 5.75 Å². The van der Waals surface area contributed by atoms with E-state index in [9.17, 15) is 24.3 Å². The number of hydrogen-bond acceptors (Lipinski definition) is 6. The third kappa shape index (κ3) is 6.68. The number of hydrogen-bond donors (Lipinski definition) is 2. The average Bonchev–Trinajstić information content (AvgIpc) is 3.69. The normalized spacial score (nSPS) is 25.9. The fourth-order valence-corrected chi connectivity index (χ4v) is 11.2. The van der Waals surface area contributed by atoms with Gasteiger partial charge in [0, 0.05) is 61.9 Å². The zero-order chi connectivity index (χ0) is 38.8. The van der Waals surface area contributed by atoms with Gasteiger partial charge in [-0.2, -0.15) is 0 Å². The van der Waals surface area contributed by atoms with Crippen molar-refractivity contribution in [2.75, 3.05) is 24.5 Å². The number of aromatic hydroxyl groups is 1. The highest BCUT2D eigenvalue weighted by Crippen LogP contribution is 2.48. The van der Waals surface area contributed by atoms with Crippen molar-refractivity contribution in [2.45, 2.75) is 88.8 Å². The lowest BCUT2D eigenvalue weighted by atomic mass is 9.69. The largest absolute Gasteiger partial charge is 0.508 e. The first kappa shape index (κ1) is 35.9. The Hall–Kier alpha value is -5.44. The summed E-state index contributed by atoms with van der Waals surface area (Å²) < 4.78 is 0. The van der Waals surface area contributed by atoms with Gasteiger partial charge in [0.05, 0.1) is 0 Å². The molecule has 4 aromatic rings. The Labute approximate surface area is 334 Å². The monoisotopic (exact) mass is 762 g/mol. The van der Waals surface area contributed by atoms with Crippen LogP contribution in [-0.2, 0) is 29.1 Å². The molecule has 0 bridgehead atoms. The number of phenolic OH excluding ortho intramolecular Hbond substituents is 1. The van der Waals surface area contributed by atoms with Gasteiger partial charge in [-0.3, -0.25) is 24.5 Å². The number of carbonyl (C=O) groups excluding carboxylic acids is 4. The van der Waals surface area contributed by atoms with Crippen LogP contribution in [0.15, 0.2) is 84.9 Å². The predicted molar refractivity (Wildman–Crippen MR) is 217 cm³/mol. The van der Waals surface area contributed by atoms with E-state index in [0.717, 1.165) is 55.4 Å². The molecule has 6 aliphatic rings. The van der Waals surface area contributed by atoms with Crippen molar-refractivity contribution in [1.82, 2.24) is 15.1 Å². The molecule has 10 rings (SSSR count). The summed E-state index contributed by atoms with van der Waals surface area (Å²) >= 11 is 0. The molecule has 2 saturated heterocycles. The third-order valence-electron chi connectivity index (χ3n) is 14.2. The second kappa shape index (κ2) is 14.5. The lowest BCUT2D eigenvalue weighted by Gasteiger charge is -2.41. The van der Waals surface area contributed by atoms with Crippen LogP contribution in [0.4, 0.5) is 5.69 Å². The zero-order valence-electron chi connectivity index (χ0n) is 32.4. The SMILES string of the molecule is O=C1CCC(N2Cc3cc4c(cc3C2=O)C(=O)N(CC2CC(CC3CCN(c5ccc([C@@H]6c7ccc(O)cc7CC[C@@H]6c6ccccc6)cc5)CC3)C2)C4)C(=O)N1. The van der Waals surface area contributed by atoms with E-state index in [-0.39, 0.29) is 30.1 Å². The average molecular weight is 763 g/mol. The number of rotatable bonds is 8. The minimum absolute atomic E-state index is 0.00349. The number of nitrogens with one attached hydrogen (secondary N) is 1. The van der Waals surface area contributed by atoms with Crippen LogP contribution in [0.25, 0.3) is 0 Å². The number of benzene rings is 4. The molecule has 4 amide bonds. The molecule has 3 fully saturated rings. The Morgan fingerprint density at radius 2 is 1.42 bits per heavy atom. The number of aryl methyl sites for hydroxylation is 1. The lowest BCUT2D eigenvalue weighted by Crippen LogP contribution is -2.52. The van der Waals surface area contributed by atoms with Gasteiger partial charge in [0.1, 0.15) is 11.8 Å². The summed E-state index contributed by atoms with van der Waals surface area (Å²) in [5.74, 6) is 2.04. The van der Waals surface area contributed by atoms with E-state index in [1.807, 2.05) is 23.1 Å². The van der Waals surface area contributed by atoms with E-state index >= 15 is 0 Å². The summed E-state index contributed by atoms with van der Waals surface area (Å²) in [4.78, 5) is 57.0. The van der Waals surface area contributed by atoms with Crippen molar-refractivity contribution >= 4 is 29.3 Å². The maximum Gasteiger partial charge on any atom is 0.255 e. The Bertz CT molecular complexity index is 2240. The molecule has 2 aliphatic carbocycles. The molecule has 9 nitrogen and oxygen atoms in total. The number of imide groups is 1. The smallest absolute Gasteiger partial charge is 0.255 e. The Kier molecular flexibility index (Phi) is 9.14. The molecule has 3 atom stereocenters. The van der Waals surface area contributed by atoms with Gasteiger partial charge in [-0.05, 0) is 139 Å². The summed E-state index contributed by atoms with van der Waals surface area (Å²) in [6.07, 6.45) is 8.63. The van der Waals surface area contributed by atoms with Crippen molar-refractivity contribution in [1.29, 1.82) is 0 Å². The van der Waals surface area contributed by atoms with Crippen LogP contribution in [0.1, 0.15) is 117 Å². The topological polar surface area (TPSA) is 110 Å². The van der Waals surface area contributed by atoms with E-state index in [4.69, 9.17) is 0 Å². The molecular formula is C48H50N4O5. The van der Waals surface area contributed by atoms with Crippen LogP contribution in [0.3, 0.4) is 0 Å². The first-order chi connectivity index (χ1) is 27.8. The van der Waals surface area contributed by atoms with Gasteiger partial charge in [0.15, 0.2) is 0 Å². The highest BCUT2D eigenvalue weighted by atomic mass is 16.3. The Morgan fingerprint density at radius 1 is 0.667 bits per heavy atom. The Morgan fingerprint density at radius 3 is 2.19 bits per heavy atom. The minimum Gasteiger partial charge on any atom is -0.508 e. The summed E-state index contributed by atoms with van der Waals surface area (Å²) in [7, 11) is 0. The van der Waals surface area contributed by atoms with Crippen molar-refractivity contribution in [2.24, 2.45) is 17.8 Å². The molecule has 0 radical (unpaired) electrons. The van der Waals surface area contributed by atoms with Gasteiger partial charge in [-0.25, -0.2) is 0 Å². The number of nitrogens with zero attached hydrogens (tertiary/aromatic N) is 3. The lowest BCUT2D eigenvalue weighted by molar-refractivity contribution is -0.136. The predicted octanol–water partition coefficient (Wildman–Crippen LogP) is 7.30. The molecule has 57 heavy (non-hydrogen) atoms. The van der Waals surface area contributed by atoms with Gasteiger partial charge in [-0.15, -0.1) is 0 Å². The highest BCUT2D eigenvalue weighted by Gasteiger charge is 2.42. The minimum atomic E-state index is -0.653. The molecule has 4 aliphatic heterocycles. The number of amides is 4. The first-order valence-corrected chi connectivity index (χ1v) is 21.1. The number of piperidine rings is 2. The second-order valence-electron chi connectivity index (χ2n) is 17.6. The molecule has 4 heterocycles. The standard InChI is InChI=1S/C48H50N4O5/c53-38-11-13-40-34(24-38)8-12-39(32-4-2-1-3-5-32)45(40)33-6-9-37(10-7-33)50-18-16-29(17-19-50)20-30-21-31(22-30)26-51-27-35-23-36-28-52(43-14-15-44(54)49-46(43)55)48(57)42(36)25-41(35)47(51)56/h1-7,9-11,13,23-25,29-31,39,43,45,53H,8,12,14-22,26-28H2,(H,49,54,55)/t30?,31?,39-,43?,45+/m1/s1. The second-order valence-corrected chi connectivity index (χ2v) is 17.6. The summed E-state index contributed by atoms with van der Waals surface area (Å²) in [6.45, 7) is 3.82. The quantitative estimate of drug-likeness (QED) is 0.183. The molecule has 9 heteroatoms. The maximum atomic E-state index is 13.5. The van der Waals surface area contributed by atoms with Gasteiger partial charge < -0.3 is 19.8 Å². The summed E-state index contributed by atoms with van der Waals surface area (Å²) in [6, 6.07) is 29.2. The van der Waals surface area contributed by atoms with Crippen LogP contribution in [0.5, 0.6) is 5.75 Å². The highest BCUT2D eigenvalue weighted by molar-refractivity contribution is 6.07. The van der Waals surface area contributed by atoms with Gasteiger partial charge >= 0.3 is 0 Å². The van der Waals surface area contributed by atoms with Crippen LogP contribution in [-0.4, -0.2) is 64.2 Å². The fourth-order valence-electron chi connectivity index (χ4n) is 11.2. The third-order valence-corrected chi connectivity index (χ3v) is 14.2. The van der Waals surface area contributed by atoms with E-state index in [1.54, 1.807) is 11.0 Å². The zero-order valence-corrected chi connectivity index (χ0v) is 32.4. The van der Waals surface area contributed by atoms with Crippen molar-refractivity contribution in [3.05, 3.63) is 129 Å². The van der Waals surface area contributed by atoms with E-state index in [1.165, 1.54) is 60.0 Å². The maximum absolute atomic E-state index is 13.5. The molecular weight excluding hydrogens is 713 g/mol. The molecule has 2 N–H and O–H groups in total.